The van der Waals surface area contributed by atoms with Crippen molar-refractivity contribution in [2.75, 3.05) is 13.7 Å². The van der Waals surface area contributed by atoms with E-state index in [9.17, 15) is 4.79 Å². The number of halogens is 1. The molecule has 0 radical (unpaired) electrons. The van der Waals surface area contributed by atoms with Gasteiger partial charge in [-0.05, 0) is 38.0 Å². The maximum Gasteiger partial charge on any atom is 0.220 e. The first-order valence-corrected chi connectivity index (χ1v) is 6.09. The van der Waals surface area contributed by atoms with Crippen molar-refractivity contribution in [1.29, 1.82) is 0 Å². The van der Waals surface area contributed by atoms with Crippen molar-refractivity contribution in [2.45, 2.75) is 32.2 Å². The average Bonchev–Trinajstić information content (AvgIpc) is 2.33. The topological polar surface area (TPSA) is 64.3 Å². The van der Waals surface area contributed by atoms with Gasteiger partial charge in [-0.1, -0.05) is 12.1 Å². The number of carbonyl (C=O) groups is 1. The first kappa shape index (κ1) is 17.7. The zero-order valence-electron chi connectivity index (χ0n) is 11.7. The summed E-state index contributed by atoms with van der Waals surface area (Å²) in [4.78, 5) is 11.6. The zero-order valence-corrected chi connectivity index (χ0v) is 12.5. The lowest BCUT2D eigenvalue weighted by Crippen LogP contribution is -2.45. The number of nitrogens with one attached hydrogen (secondary N) is 1. The second kappa shape index (κ2) is 8.02. The summed E-state index contributed by atoms with van der Waals surface area (Å²) < 4.78 is 5.14. The standard InChI is InChI=1S/C14H22N2O2.ClH/c1-14(2,15)10-16-13(17)8-7-11-5-4-6-12(9-11)18-3;/h4-6,9H,7-8,10,15H2,1-3H3,(H,16,17);1H. The largest absolute Gasteiger partial charge is 0.497 e. The molecule has 19 heavy (non-hydrogen) atoms. The molecule has 1 aromatic carbocycles. The Morgan fingerprint density at radius 3 is 2.68 bits per heavy atom. The van der Waals surface area contributed by atoms with Crippen LogP contribution in [0, 0.1) is 0 Å². The summed E-state index contributed by atoms with van der Waals surface area (Å²) in [6.07, 6.45) is 1.16. The molecule has 0 unspecified atom stereocenters. The smallest absolute Gasteiger partial charge is 0.220 e. The maximum atomic E-state index is 11.6. The molecule has 1 aromatic rings. The third-order valence-electron chi connectivity index (χ3n) is 2.52. The fraction of sp³-hybridized carbons (Fsp3) is 0.500. The Kier molecular flexibility index (Phi) is 7.49. The van der Waals surface area contributed by atoms with Crippen molar-refractivity contribution < 1.29 is 9.53 Å². The minimum absolute atomic E-state index is 0. The Morgan fingerprint density at radius 1 is 1.42 bits per heavy atom. The van der Waals surface area contributed by atoms with Gasteiger partial charge >= 0.3 is 0 Å². The van der Waals surface area contributed by atoms with Crippen LogP contribution in [0.1, 0.15) is 25.8 Å². The molecule has 0 saturated carbocycles. The molecule has 0 fully saturated rings. The predicted molar refractivity (Wildman–Crippen MR) is 79.8 cm³/mol. The number of hydrogen-bond donors (Lipinski definition) is 2. The van der Waals surface area contributed by atoms with Gasteiger partial charge in [0.25, 0.3) is 0 Å². The van der Waals surface area contributed by atoms with E-state index in [1.165, 1.54) is 0 Å². The van der Waals surface area contributed by atoms with Gasteiger partial charge in [0.05, 0.1) is 7.11 Å². The summed E-state index contributed by atoms with van der Waals surface area (Å²) >= 11 is 0. The zero-order chi connectivity index (χ0) is 13.6. The summed E-state index contributed by atoms with van der Waals surface area (Å²) in [7, 11) is 1.63. The Hall–Kier alpha value is -1.26. The second-order valence-corrected chi connectivity index (χ2v) is 5.12. The Morgan fingerprint density at radius 2 is 2.11 bits per heavy atom. The molecule has 3 N–H and O–H groups in total. The lowest BCUT2D eigenvalue weighted by molar-refractivity contribution is -0.121. The number of amides is 1. The molecule has 0 aliphatic carbocycles. The van der Waals surface area contributed by atoms with Gasteiger partial charge in [0, 0.05) is 18.5 Å². The highest BCUT2D eigenvalue weighted by atomic mass is 35.5. The molecule has 0 bridgehead atoms. The number of nitrogens with two attached hydrogens (primary N) is 1. The van der Waals surface area contributed by atoms with Crippen molar-refractivity contribution in [1.82, 2.24) is 5.32 Å². The van der Waals surface area contributed by atoms with Gasteiger partial charge < -0.3 is 15.8 Å². The second-order valence-electron chi connectivity index (χ2n) is 5.12. The monoisotopic (exact) mass is 286 g/mol. The summed E-state index contributed by atoms with van der Waals surface area (Å²) in [6, 6.07) is 7.75. The van der Waals surface area contributed by atoms with Gasteiger partial charge in [-0.25, -0.2) is 0 Å². The predicted octanol–water partition coefficient (Wildman–Crippen LogP) is 1.90. The quantitative estimate of drug-likeness (QED) is 0.839. The van der Waals surface area contributed by atoms with Gasteiger partial charge in [-0.15, -0.1) is 12.4 Å². The third-order valence-corrected chi connectivity index (χ3v) is 2.52. The van der Waals surface area contributed by atoms with Crippen LogP contribution < -0.4 is 15.8 Å². The maximum absolute atomic E-state index is 11.6. The number of carbonyl (C=O) groups excluding carboxylic acids is 1. The first-order chi connectivity index (χ1) is 8.40. The molecule has 1 amide bonds. The lowest BCUT2D eigenvalue weighted by atomic mass is 10.1. The number of ether oxygens (including phenoxy) is 1. The minimum atomic E-state index is -0.369. The molecule has 1 rings (SSSR count). The van der Waals surface area contributed by atoms with E-state index < -0.39 is 0 Å². The lowest BCUT2D eigenvalue weighted by Gasteiger charge is -2.18. The number of benzene rings is 1. The van der Waals surface area contributed by atoms with Crippen LogP contribution in [0.25, 0.3) is 0 Å². The normalized spacial score (nSPS) is 10.5. The summed E-state index contributed by atoms with van der Waals surface area (Å²) in [5.74, 6) is 0.840. The van der Waals surface area contributed by atoms with Crippen LogP contribution >= 0.6 is 12.4 Å². The Balaban J connectivity index is 0.00000324. The highest BCUT2D eigenvalue weighted by Crippen LogP contribution is 2.13. The molecule has 0 aliphatic rings. The van der Waals surface area contributed by atoms with Crippen molar-refractivity contribution in [3.8, 4) is 5.75 Å². The molecule has 0 heterocycles. The van der Waals surface area contributed by atoms with Crippen LogP contribution in [0.15, 0.2) is 24.3 Å². The number of rotatable bonds is 6. The van der Waals surface area contributed by atoms with Crippen LogP contribution in [0.4, 0.5) is 0 Å². The molecule has 0 atom stereocenters. The molecule has 0 aliphatic heterocycles. The van der Waals surface area contributed by atoms with Crippen LogP contribution in [0.3, 0.4) is 0 Å². The molecule has 108 valence electrons. The van der Waals surface area contributed by atoms with Crippen molar-refractivity contribution >= 4 is 18.3 Å². The van der Waals surface area contributed by atoms with Crippen LogP contribution in [0.2, 0.25) is 0 Å². The van der Waals surface area contributed by atoms with Crippen LogP contribution in [0.5, 0.6) is 5.75 Å². The van der Waals surface area contributed by atoms with Crippen molar-refractivity contribution in [3.05, 3.63) is 29.8 Å². The van der Waals surface area contributed by atoms with Gasteiger partial charge in [-0.2, -0.15) is 0 Å². The van der Waals surface area contributed by atoms with Gasteiger partial charge in [0.15, 0.2) is 0 Å². The van der Waals surface area contributed by atoms with E-state index in [1.807, 2.05) is 38.1 Å². The number of aryl methyl sites for hydroxylation is 1. The van der Waals surface area contributed by atoms with Gasteiger partial charge in [-0.3, -0.25) is 4.79 Å². The molecule has 0 saturated heterocycles. The van der Waals surface area contributed by atoms with E-state index in [0.717, 1.165) is 11.3 Å². The highest BCUT2D eigenvalue weighted by Gasteiger charge is 2.12. The van der Waals surface area contributed by atoms with E-state index in [2.05, 4.69) is 5.32 Å². The number of hydrogen-bond acceptors (Lipinski definition) is 3. The number of methoxy groups -OCH3 is 1. The molecule has 5 heteroatoms. The molecule has 4 nitrogen and oxygen atoms in total. The van der Waals surface area contributed by atoms with E-state index in [1.54, 1.807) is 7.11 Å². The van der Waals surface area contributed by atoms with E-state index >= 15 is 0 Å². The van der Waals surface area contributed by atoms with Crippen LogP contribution in [-0.4, -0.2) is 25.1 Å². The van der Waals surface area contributed by atoms with Crippen molar-refractivity contribution in [3.63, 3.8) is 0 Å². The fourth-order valence-corrected chi connectivity index (χ4v) is 1.50. The van der Waals surface area contributed by atoms with E-state index in [4.69, 9.17) is 10.5 Å². The van der Waals surface area contributed by atoms with Gasteiger partial charge in [0.2, 0.25) is 5.91 Å². The van der Waals surface area contributed by atoms with Crippen LogP contribution in [-0.2, 0) is 11.2 Å². The third kappa shape index (κ3) is 7.70. The highest BCUT2D eigenvalue weighted by molar-refractivity contribution is 5.85. The Bertz CT molecular complexity index is 403. The Labute approximate surface area is 121 Å². The van der Waals surface area contributed by atoms with Crippen molar-refractivity contribution in [2.24, 2.45) is 5.73 Å². The molecular weight excluding hydrogens is 264 g/mol. The summed E-state index contributed by atoms with van der Waals surface area (Å²) in [5.41, 5.74) is 6.52. The first-order valence-electron chi connectivity index (χ1n) is 6.09. The average molecular weight is 287 g/mol. The molecule has 0 aromatic heterocycles. The SMILES string of the molecule is COc1cccc(CCC(=O)NCC(C)(C)N)c1.Cl. The molecule has 0 spiro atoms. The van der Waals surface area contributed by atoms with E-state index in [0.29, 0.717) is 19.4 Å². The van der Waals surface area contributed by atoms with Gasteiger partial charge in [0.1, 0.15) is 5.75 Å². The minimum Gasteiger partial charge on any atom is -0.497 e. The molecular formula is C14H23ClN2O2. The van der Waals surface area contributed by atoms with E-state index in [-0.39, 0.29) is 23.9 Å². The summed E-state index contributed by atoms with van der Waals surface area (Å²) in [5, 5.41) is 2.83. The fourth-order valence-electron chi connectivity index (χ4n) is 1.50. The summed E-state index contributed by atoms with van der Waals surface area (Å²) in [6.45, 7) is 4.26.